The lowest BCUT2D eigenvalue weighted by molar-refractivity contribution is -0.240. The highest BCUT2D eigenvalue weighted by molar-refractivity contribution is 7.85. The molecule has 1 aliphatic carbocycles. The first-order valence-electron chi connectivity index (χ1n) is 8.51. The van der Waals surface area contributed by atoms with Gasteiger partial charge in [-0.3, -0.25) is 4.55 Å². The van der Waals surface area contributed by atoms with Crippen LogP contribution < -0.4 is 5.73 Å². The van der Waals surface area contributed by atoms with Gasteiger partial charge in [-0.15, -0.1) is 0 Å². The minimum atomic E-state index is -4.95. The maximum atomic E-state index is 13.6. The average Bonchev–Trinajstić information content (AvgIpc) is 3.43. The van der Waals surface area contributed by atoms with Crippen LogP contribution in [0.1, 0.15) is 18.4 Å². The molecule has 0 spiro atoms. The number of benzene rings is 2. The average molecular weight is 427 g/mol. The Bertz CT molecular complexity index is 1020. The van der Waals surface area contributed by atoms with Gasteiger partial charge in [0.2, 0.25) is 5.60 Å². The van der Waals surface area contributed by atoms with E-state index in [1.165, 1.54) is 12.1 Å². The molecule has 0 heterocycles. The van der Waals surface area contributed by atoms with Crippen LogP contribution in [0.4, 0.5) is 18.9 Å². The fourth-order valence-electron chi connectivity index (χ4n) is 2.40. The van der Waals surface area contributed by atoms with Gasteiger partial charge in [0.1, 0.15) is 0 Å². The summed E-state index contributed by atoms with van der Waals surface area (Å²) in [5.74, 6) is 4.48. The van der Waals surface area contributed by atoms with Crippen LogP contribution in [0, 0.1) is 17.8 Å². The van der Waals surface area contributed by atoms with Crippen molar-refractivity contribution in [2.24, 2.45) is 5.92 Å². The van der Waals surface area contributed by atoms with E-state index >= 15 is 0 Å². The highest BCUT2D eigenvalue weighted by Gasteiger charge is 2.55. The Hall–Kier alpha value is -2.54. The smallest absolute Gasteiger partial charge is 0.398 e. The van der Waals surface area contributed by atoms with Gasteiger partial charge < -0.3 is 10.8 Å². The van der Waals surface area contributed by atoms with Gasteiger partial charge in [0.05, 0.1) is 6.26 Å². The van der Waals surface area contributed by atoms with Crippen molar-refractivity contribution in [2.75, 3.05) is 12.0 Å². The number of aliphatic hydroxyl groups is 1. The zero-order chi connectivity index (χ0) is 21.9. The van der Waals surface area contributed by atoms with Gasteiger partial charge in [0, 0.05) is 17.2 Å². The Balaban J connectivity index is 0.000000537. The Morgan fingerprint density at radius 1 is 1.07 bits per heavy atom. The predicted molar refractivity (Wildman–Crippen MR) is 104 cm³/mol. The summed E-state index contributed by atoms with van der Waals surface area (Å²) in [5.41, 5.74) is 3.18. The lowest BCUT2D eigenvalue weighted by atomic mass is 9.89. The summed E-state index contributed by atoms with van der Waals surface area (Å²) in [6, 6.07) is 13.2. The van der Waals surface area contributed by atoms with Crippen LogP contribution in [0.5, 0.6) is 0 Å². The molecule has 3 rings (SSSR count). The van der Waals surface area contributed by atoms with Crippen molar-refractivity contribution in [1.82, 2.24) is 0 Å². The summed E-state index contributed by atoms with van der Waals surface area (Å²) in [6.45, 7) is 0. The molecular weight excluding hydrogens is 407 g/mol. The summed E-state index contributed by atoms with van der Waals surface area (Å²) in [5, 5.41) is 10.4. The molecule has 0 aliphatic heterocycles. The predicted octanol–water partition coefficient (Wildman–Crippen LogP) is 3.60. The van der Waals surface area contributed by atoms with Crippen molar-refractivity contribution in [1.29, 1.82) is 0 Å². The number of rotatable bonds is 2. The van der Waals surface area contributed by atoms with E-state index in [0.29, 0.717) is 11.8 Å². The molecule has 1 unspecified atom stereocenters. The van der Waals surface area contributed by atoms with E-state index in [1.807, 2.05) is 12.0 Å². The van der Waals surface area contributed by atoms with Crippen molar-refractivity contribution >= 4 is 15.8 Å². The maximum Gasteiger partial charge on any atom is 0.433 e. The summed E-state index contributed by atoms with van der Waals surface area (Å²) in [6.07, 6.45) is -2.70. The molecule has 156 valence electrons. The van der Waals surface area contributed by atoms with Gasteiger partial charge in [-0.05, 0) is 36.1 Å². The number of nitrogens with two attached hydrogens (primary N) is 1. The van der Waals surface area contributed by atoms with E-state index in [2.05, 4.69) is 5.92 Å². The topological polar surface area (TPSA) is 101 Å². The van der Waals surface area contributed by atoms with E-state index < -0.39 is 27.5 Å². The first-order valence-corrected chi connectivity index (χ1v) is 10.4. The Morgan fingerprint density at radius 2 is 1.62 bits per heavy atom. The van der Waals surface area contributed by atoms with Crippen LogP contribution in [-0.4, -0.2) is 30.5 Å². The van der Waals surface area contributed by atoms with Crippen LogP contribution in [0.2, 0.25) is 0 Å². The minimum absolute atomic E-state index is 0.0718. The molecule has 29 heavy (non-hydrogen) atoms. The van der Waals surface area contributed by atoms with Crippen molar-refractivity contribution in [3.63, 3.8) is 0 Å². The molecule has 9 heteroatoms. The molecule has 0 aromatic heterocycles. The second kappa shape index (κ2) is 8.45. The summed E-state index contributed by atoms with van der Waals surface area (Å²) in [4.78, 5) is 0. The van der Waals surface area contributed by atoms with Crippen molar-refractivity contribution in [2.45, 2.75) is 24.6 Å². The molecule has 4 N–H and O–H groups in total. The quantitative estimate of drug-likeness (QED) is 0.386. The van der Waals surface area contributed by atoms with E-state index in [9.17, 15) is 26.7 Å². The molecule has 1 atom stereocenters. The number of anilines is 1. The molecule has 0 saturated heterocycles. The van der Waals surface area contributed by atoms with E-state index in [4.69, 9.17) is 10.3 Å². The Kier molecular flexibility index (Phi) is 6.63. The second-order valence-electron chi connectivity index (χ2n) is 6.65. The zero-order valence-electron chi connectivity index (χ0n) is 15.4. The number of halogens is 3. The number of nitrogen functional groups attached to an aromatic ring is 1. The Labute approximate surface area is 167 Å². The van der Waals surface area contributed by atoms with E-state index in [0.717, 1.165) is 18.4 Å². The highest BCUT2D eigenvalue weighted by atomic mass is 32.2. The molecule has 1 fully saturated rings. The molecule has 1 aliphatic rings. The van der Waals surface area contributed by atoms with Crippen LogP contribution in [0.25, 0.3) is 11.1 Å². The van der Waals surface area contributed by atoms with Gasteiger partial charge >= 0.3 is 6.18 Å². The van der Waals surface area contributed by atoms with Crippen molar-refractivity contribution in [3.8, 4) is 23.0 Å². The molecule has 0 amide bonds. The van der Waals surface area contributed by atoms with E-state index in [-0.39, 0.29) is 11.6 Å². The fraction of sp³-hybridized carbons (Fsp3) is 0.300. The molecule has 2 aromatic carbocycles. The minimum Gasteiger partial charge on any atom is -0.398 e. The lowest BCUT2D eigenvalue weighted by Crippen LogP contribution is -2.41. The van der Waals surface area contributed by atoms with Crippen molar-refractivity contribution < 1.29 is 31.2 Å². The molecule has 2 aromatic rings. The molecule has 0 radical (unpaired) electrons. The number of hydrogen-bond acceptors (Lipinski definition) is 4. The van der Waals surface area contributed by atoms with Crippen LogP contribution in [-0.2, 0) is 15.7 Å². The largest absolute Gasteiger partial charge is 0.433 e. The first-order chi connectivity index (χ1) is 13.3. The van der Waals surface area contributed by atoms with Crippen molar-refractivity contribution in [3.05, 3.63) is 54.1 Å². The van der Waals surface area contributed by atoms with Crippen LogP contribution >= 0.6 is 0 Å². The van der Waals surface area contributed by atoms with Gasteiger partial charge in [-0.25, -0.2) is 0 Å². The first kappa shape index (κ1) is 22.7. The molecule has 0 bridgehead atoms. The van der Waals surface area contributed by atoms with Gasteiger partial charge in [0.25, 0.3) is 10.1 Å². The summed E-state index contributed by atoms with van der Waals surface area (Å²) >= 11 is 0. The van der Waals surface area contributed by atoms with Crippen LogP contribution in [0.3, 0.4) is 0 Å². The summed E-state index contributed by atoms with van der Waals surface area (Å²) < 4.78 is 66.6. The third-order valence-electron chi connectivity index (χ3n) is 3.99. The molecule has 1 saturated carbocycles. The third kappa shape index (κ3) is 6.49. The van der Waals surface area contributed by atoms with Crippen LogP contribution in [0.15, 0.2) is 48.5 Å². The van der Waals surface area contributed by atoms with Gasteiger partial charge in [0.15, 0.2) is 0 Å². The SMILES string of the molecule is CS(=O)(=O)O.Nc1ccc(-c2ccccc2)cc1C(O)(C#CC1CC1)C(F)(F)F. The zero-order valence-corrected chi connectivity index (χ0v) is 16.3. The summed E-state index contributed by atoms with van der Waals surface area (Å²) in [7, 11) is -3.67. The van der Waals surface area contributed by atoms with Gasteiger partial charge in [-0.1, -0.05) is 48.2 Å². The molecular formula is C20H20F3NO4S. The third-order valence-corrected chi connectivity index (χ3v) is 3.99. The number of alkyl halides is 3. The lowest BCUT2D eigenvalue weighted by Gasteiger charge is -2.27. The standard InChI is InChI=1S/C19H16F3NO.CH4O3S/c20-19(21,22)18(24,11-10-13-6-7-13)16-12-15(8-9-17(16)23)14-4-2-1-3-5-14;1-5(2,3)4/h1-5,8-9,12-13,24H,6-7,23H2;1H3,(H,2,3,4). The monoisotopic (exact) mass is 427 g/mol. The Morgan fingerprint density at radius 3 is 2.10 bits per heavy atom. The number of hydrogen-bond donors (Lipinski definition) is 3. The maximum absolute atomic E-state index is 13.6. The molecule has 5 nitrogen and oxygen atoms in total. The highest BCUT2D eigenvalue weighted by Crippen LogP contribution is 2.42. The fourth-order valence-corrected chi connectivity index (χ4v) is 2.40. The van der Waals surface area contributed by atoms with Gasteiger partial charge in [-0.2, -0.15) is 21.6 Å². The second-order valence-corrected chi connectivity index (χ2v) is 8.12. The normalized spacial score (nSPS) is 15.9. The van der Waals surface area contributed by atoms with E-state index in [1.54, 1.807) is 30.3 Å².